The fourth-order valence-electron chi connectivity index (χ4n) is 5.87. The molecule has 4 aliphatic carbocycles. The number of rotatable bonds is 3. The lowest BCUT2D eigenvalue weighted by Crippen LogP contribution is -2.50. The Kier molecular flexibility index (Phi) is 3.31. The molecule has 0 spiro atoms. The summed E-state index contributed by atoms with van der Waals surface area (Å²) < 4.78 is 10.9. The molecule has 1 heterocycles. The Hall–Kier alpha value is -2.10. The Morgan fingerprint density at radius 3 is 2.24 bits per heavy atom. The average molecular weight is 337 g/mol. The van der Waals surface area contributed by atoms with E-state index in [1.165, 1.54) is 19.3 Å². The van der Waals surface area contributed by atoms with Gasteiger partial charge in [0.05, 0.1) is 7.11 Å². The monoisotopic (exact) mass is 337 g/mol. The van der Waals surface area contributed by atoms with Crippen molar-refractivity contribution in [3.05, 3.63) is 35.5 Å². The molecule has 1 aromatic carbocycles. The molecular formula is C21H23NO3. The predicted octanol–water partition coefficient (Wildman–Crippen LogP) is 4.21. The molecule has 5 aliphatic rings. The molecule has 1 aliphatic heterocycles. The van der Waals surface area contributed by atoms with E-state index in [2.05, 4.69) is 4.99 Å². The summed E-state index contributed by atoms with van der Waals surface area (Å²) in [5.74, 6) is 3.62. The molecule has 0 aromatic heterocycles. The van der Waals surface area contributed by atoms with Crippen LogP contribution in [-0.2, 0) is 9.53 Å². The lowest BCUT2D eigenvalue weighted by Gasteiger charge is -2.55. The number of methoxy groups -OCH3 is 1. The summed E-state index contributed by atoms with van der Waals surface area (Å²) in [5.41, 5.74) is 1.39. The molecule has 0 saturated heterocycles. The fourth-order valence-corrected chi connectivity index (χ4v) is 5.87. The van der Waals surface area contributed by atoms with Crippen LogP contribution in [0.15, 0.2) is 35.0 Å². The first-order valence-electron chi connectivity index (χ1n) is 9.31. The summed E-state index contributed by atoms with van der Waals surface area (Å²) in [4.78, 5) is 17.0. The second-order valence-electron chi connectivity index (χ2n) is 8.31. The maximum absolute atomic E-state index is 12.4. The molecule has 0 atom stereocenters. The Morgan fingerprint density at radius 1 is 1.08 bits per heavy atom. The first-order valence-corrected chi connectivity index (χ1v) is 9.31. The van der Waals surface area contributed by atoms with Crippen LogP contribution in [0.25, 0.3) is 6.08 Å². The van der Waals surface area contributed by atoms with Gasteiger partial charge in [-0.05, 0) is 80.1 Å². The van der Waals surface area contributed by atoms with E-state index in [0.29, 0.717) is 11.6 Å². The standard InChI is InChI=1S/C21H23NO3/c1-24-17-4-2-13(3-5-17)9-18-19(23)25-20(22-18)21-10-14-6-15(11-21)8-16(7-14)12-21/h2-5,9,14-16H,6-8,10-12H2,1H3/b18-9+. The Balaban J connectivity index is 1.44. The van der Waals surface area contributed by atoms with Crippen LogP contribution < -0.4 is 4.74 Å². The Bertz CT molecular complexity index is 740. The largest absolute Gasteiger partial charge is 0.497 e. The smallest absolute Gasteiger partial charge is 0.363 e. The molecule has 0 N–H and O–H groups in total. The van der Waals surface area contributed by atoms with Crippen LogP contribution in [0.1, 0.15) is 44.1 Å². The SMILES string of the molecule is COc1ccc(/C=C2/N=C(C34CC5CC(CC(C5)C3)C4)OC2=O)cc1. The van der Waals surface area contributed by atoms with Gasteiger partial charge < -0.3 is 9.47 Å². The molecule has 0 amide bonds. The maximum Gasteiger partial charge on any atom is 0.363 e. The number of carbonyl (C=O) groups is 1. The van der Waals surface area contributed by atoms with Crippen LogP contribution in [0.2, 0.25) is 0 Å². The van der Waals surface area contributed by atoms with Gasteiger partial charge in [0, 0.05) is 5.41 Å². The number of aliphatic imine (C=N–C) groups is 1. The molecule has 6 rings (SSSR count). The molecule has 0 radical (unpaired) electrons. The second-order valence-corrected chi connectivity index (χ2v) is 8.31. The lowest BCUT2D eigenvalue weighted by molar-refractivity contribution is -0.131. The van der Waals surface area contributed by atoms with Gasteiger partial charge in [0.15, 0.2) is 5.70 Å². The third kappa shape index (κ3) is 2.50. The van der Waals surface area contributed by atoms with Gasteiger partial charge >= 0.3 is 5.97 Å². The highest BCUT2D eigenvalue weighted by molar-refractivity contribution is 6.09. The molecule has 4 saturated carbocycles. The van der Waals surface area contributed by atoms with E-state index in [1.807, 2.05) is 30.3 Å². The van der Waals surface area contributed by atoms with Crippen LogP contribution in [0.4, 0.5) is 0 Å². The highest BCUT2D eigenvalue weighted by atomic mass is 16.6. The molecule has 1 aromatic rings. The zero-order valence-electron chi connectivity index (χ0n) is 14.5. The van der Waals surface area contributed by atoms with E-state index in [9.17, 15) is 4.79 Å². The van der Waals surface area contributed by atoms with Crippen molar-refractivity contribution in [2.24, 2.45) is 28.2 Å². The number of ether oxygens (including phenoxy) is 2. The second kappa shape index (κ2) is 5.45. The first-order chi connectivity index (χ1) is 12.1. The van der Waals surface area contributed by atoms with Crippen LogP contribution in [-0.4, -0.2) is 19.0 Å². The van der Waals surface area contributed by atoms with Crippen molar-refractivity contribution in [2.75, 3.05) is 7.11 Å². The van der Waals surface area contributed by atoms with Crippen molar-refractivity contribution in [1.29, 1.82) is 0 Å². The fraction of sp³-hybridized carbons (Fsp3) is 0.524. The highest BCUT2D eigenvalue weighted by Crippen LogP contribution is 2.61. The zero-order chi connectivity index (χ0) is 17.0. The number of nitrogens with zero attached hydrogens (tertiary/aromatic N) is 1. The minimum atomic E-state index is -0.304. The summed E-state index contributed by atoms with van der Waals surface area (Å²) in [5, 5.41) is 0. The number of hydrogen-bond acceptors (Lipinski definition) is 4. The number of benzene rings is 1. The molecule has 0 unspecified atom stereocenters. The van der Waals surface area contributed by atoms with E-state index >= 15 is 0 Å². The Labute approximate surface area is 147 Å². The van der Waals surface area contributed by atoms with E-state index in [-0.39, 0.29) is 11.4 Å². The van der Waals surface area contributed by atoms with Gasteiger partial charge in [0.1, 0.15) is 5.75 Å². The zero-order valence-corrected chi connectivity index (χ0v) is 14.5. The number of esters is 1. The van der Waals surface area contributed by atoms with Gasteiger partial charge in [0.25, 0.3) is 0 Å². The van der Waals surface area contributed by atoms with Crippen LogP contribution >= 0.6 is 0 Å². The number of carbonyl (C=O) groups excluding carboxylic acids is 1. The third-order valence-corrected chi connectivity index (χ3v) is 6.53. The van der Waals surface area contributed by atoms with Crippen LogP contribution in [0.3, 0.4) is 0 Å². The van der Waals surface area contributed by atoms with Gasteiger partial charge in [0.2, 0.25) is 5.90 Å². The molecule has 4 nitrogen and oxygen atoms in total. The third-order valence-electron chi connectivity index (χ3n) is 6.53. The van der Waals surface area contributed by atoms with Gasteiger partial charge in [-0.25, -0.2) is 9.79 Å². The topological polar surface area (TPSA) is 47.9 Å². The summed E-state index contributed by atoms with van der Waals surface area (Å²) >= 11 is 0. The van der Waals surface area contributed by atoms with Gasteiger partial charge in [-0.15, -0.1) is 0 Å². The molecular weight excluding hydrogens is 314 g/mol. The van der Waals surface area contributed by atoms with E-state index in [4.69, 9.17) is 9.47 Å². The minimum absolute atomic E-state index is 0.0277. The van der Waals surface area contributed by atoms with Crippen molar-refractivity contribution in [3.63, 3.8) is 0 Å². The van der Waals surface area contributed by atoms with Gasteiger partial charge in [-0.2, -0.15) is 0 Å². The average Bonchev–Trinajstić information content (AvgIpc) is 2.96. The molecule has 4 heteroatoms. The number of cyclic esters (lactones) is 1. The van der Waals surface area contributed by atoms with Crippen molar-refractivity contribution < 1.29 is 14.3 Å². The molecule has 4 fully saturated rings. The minimum Gasteiger partial charge on any atom is -0.497 e. The maximum atomic E-state index is 12.4. The predicted molar refractivity (Wildman–Crippen MR) is 95.1 cm³/mol. The summed E-state index contributed by atoms with van der Waals surface area (Å²) in [7, 11) is 1.64. The molecule has 25 heavy (non-hydrogen) atoms. The van der Waals surface area contributed by atoms with Crippen molar-refractivity contribution in [1.82, 2.24) is 0 Å². The van der Waals surface area contributed by atoms with Crippen molar-refractivity contribution in [2.45, 2.75) is 38.5 Å². The number of hydrogen-bond donors (Lipinski definition) is 0. The van der Waals surface area contributed by atoms with E-state index < -0.39 is 0 Å². The normalized spacial score (nSPS) is 37.3. The van der Waals surface area contributed by atoms with Crippen molar-refractivity contribution >= 4 is 17.9 Å². The van der Waals surface area contributed by atoms with Crippen LogP contribution in [0.5, 0.6) is 5.75 Å². The van der Waals surface area contributed by atoms with E-state index in [1.54, 1.807) is 7.11 Å². The summed E-state index contributed by atoms with van der Waals surface area (Å²) in [6, 6.07) is 7.63. The quantitative estimate of drug-likeness (QED) is 0.613. The van der Waals surface area contributed by atoms with E-state index in [0.717, 1.165) is 48.3 Å². The van der Waals surface area contributed by atoms with Gasteiger partial charge in [-0.1, -0.05) is 12.1 Å². The first kappa shape index (κ1) is 15.2. The molecule has 130 valence electrons. The lowest BCUT2D eigenvalue weighted by atomic mass is 9.49. The summed E-state index contributed by atoms with van der Waals surface area (Å²) in [6.07, 6.45) is 9.39. The van der Waals surface area contributed by atoms with Crippen LogP contribution in [0, 0.1) is 23.2 Å². The summed E-state index contributed by atoms with van der Waals surface area (Å²) in [6.45, 7) is 0. The Morgan fingerprint density at radius 2 is 1.68 bits per heavy atom. The highest BCUT2D eigenvalue weighted by Gasteiger charge is 2.55. The van der Waals surface area contributed by atoms with Gasteiger partial charge in [-0.3, -0.25) is 0 Å². The van der Waals surface area contributed by atoms with Crippen molar-refractivity contribution in [3.8, 4) is 5.75 Å². The molecule has 4 bridgehead atoms.